The van der Waals surface area contributed by atoms with E-state index in [1.54, 1.807) is 0 Å². The predicted molar refractivity (Wildman–Crippen MR) is 66.2 cm³/mol. The van der Waals surface area contributed by atoms with E-state index in [-0.39, 0.29) is 11.5 Å². The van der Waals surface area contributed by atoms with E-state index in [1.165, 1.54) is 38.5 Å². The van der Waals surface area contributed by atoms with Crippen LogP contribution in [-0.2, 0) is 4.79 Å². The highest BCUT2D eigenvalue weighted by atomic mass is 16.1. The normalized spacial score (nSPS) is 31.8. The maximum Gasteiger partial charge on any atom is 0.137 e. The van der Waals surface area contributed by atoms with Crippen LogP contribution in [0, 0.1) is 5.92 Å². The Morgan fingerprint density at radius 2 is 1.56 bits per heavy atom. The zero-order valence-electron chi connectivity index (χ0n) is 10.3. The van der Waals surface area contributed by atoms with Crippen LogP contribution in [0.1, 0.15) is 70.6 Å². The number of ketones is 1. The molecule has 2 heteroatoms. The van der Waals surface area contributed by atoms with Gasteiger partial charge in [-0.1, -0.05) is 38.5 Å². The Balaban J connectivity index is 2.09. The van der Waals surface area contributed by atoms with Crippen molar-refractivity contribution >= 4 is 5.78 Å². The van der Waals surface area contributed by atoms with Crippen LogP contribution < -0.4 is 5.73 Å². The lowest BCUT2D eigenvalue weighted by molar-refractivity contribution is -0.125. The minimum atomic E-state index is -0.155. The van der Waals surface area contributed by atoms with Gasteiger partial charge in [0.1, 0.15) is 5.78 Å². The summed E-state index contributed by atoms with van der Waals surface area (Å²) in [5, 5.41) is 0. The highest BCUT2D eigenvalue weighted by molar-refractivity contribution is 5.82. The van der Waals surface area contributed by atoms with E-state index in [9.17, 15) is 4.79 Å². The van der Waals surface area contributed by atoms with Crippen molar-refractivity contribution in [1.29, 1.82) is 0 Å². The lowest BCUT2D eigenvalue weighted by Crippen LogP contribution is -2.49. The van der Waals surface area contributed by atoms with Crippen molar-refractivity contribution < 1.29 is 4.79 Å². The quantitative estimate of drug-likeness (QED) is 0.694. The van der Waals surface area contributed by atoms with E-state index in [1.807, 2.05) is 0 Å². The minimum Gasteiger partial charge on any atom is -0.324 e. The average molecular weight is 223 g/mol. The van der Waals surface area contributed by atoms with Crippen molar-refractivity contribution in [2.24, 2.45) is 11.7 Å². The second-order valence-electron chi connectivity index (χ2n) is 5.77. The first-order valence-electron chi connectivity index (χ1n) is 7.04. The summed E-state index contributed by atoms with van der Waals surface area (Å²) in [5.74, 6) is 0.634. The van der Waals surface area contributed by atoms with Gasteiger partial charge in [-0.05, 0) is 25.7 Å². The monoisotopic (exact) mass is 223 g/mol. The van der Waals surface area contributed by atoms with Gasteiger partial charge in [-0.15, -0.1) is 0 Å². The fourth-order valence-corrected chi connectivity index (χ4v) is 3.50. The third-order valence-corrected chi connectivity index (χ3v) is 4.53. The van der Waals surface area contributed by atoms with E-state index in [2.05, 4.69) is 0 Å². The Morgan fingerprint density at radius 3 is 2.25 bits per heavy atom. The Hall–Kier alpha value is -0.370. The Bertz CT molecular complexity index is 241. The fourth-order valence-electron chi connectivity index (χ4n) is 3.50. The standard InChI is InChI=1S/C14H25NO/c15-14(10-6-1-2-7-11-14)12-8-4-3-5-9-13(12)16/h12H,1-11,15H2. The molecule has 0 amide bonds. The molecule has 92 valence electrons. The lowest BCUT2D eigenvalue weighted by Gasteiger charge is -2.35. The van der Waals surface area contributed by atoms with Gasteiger partial charge in [0.05, 0.1) is 0 Å². The van der Waals surface area contributed by atoms with E-state index < -0.39 is 0 Å². The highest BCUT2D eigenvalue weighted by Gasteiger charge is 2.39. The van der Waals surface area contributed by atoms with Crippen LogP contribution in [0.5, 0.6) is 0 Å². The van der Waals surface area contributed by atoms with Crippen LogP contribution in [0.15, 0.2) is 0 Å². The van der Waals surface area contributed by atoms with Gasteiger partial charge in [-0.2, -0.15) is 0 Å². The Kier molecular flexibility index (Phi) is 4.01. The molecular weight excluding hydrogens is 198 g/mol. The number of carbonyl (C=O) groups excluding carboxylic acids is 1. The molecule has 1 atom stereocenters. The van der Waals surface area contributed by atoms with Gasteiger partial charge < -0.3 is 5.73 Å². The van der Waals surface area contributed by atoms with Crippen LogP contribution in [0.3, 0.4) is 0 Å². The molecule has 2 nitrogen and oxygen atoms in total. The molecule has 0 aliphatic heterocycles. The van der Waals surface area contributed by atoms with Gasteiger partial charge >= 0.3 is 0 Å². The molecule has 2 aliphatic carbocycles. The van der Waals surface area contributed by atoms with Crippen LogP contribution >= 0.6 is 0 Å². The van der Waals surface area contributed by atoms with Crippen molar-refractivity contribution in [3.05, 3.63) is 0 Å². The first-order valence-corrected chi connectivity index (χ1v) is 7.04. The molecule has 0 aromatic carbocycles. The van der Waals surface area contributed by atoms with Crippen molar-refractivity contribution in [3.63, 3.8) is 0 Å². The largest absolute Gasteiger partial charge is 0.324 e. The van der Waals surface area contributed by atoms with Crippen LogP contribution in [0.4, 0.5) is 0 Å². The van der Waals surface area contributed by atoms with Gasteiger partial charge in [0, 0.05) is 17.9 Å². The van der Waals surface area contributed by atoms with Gasteiger partial charge in [0.15, 0.2) is 0 Å². The fraction of sp³-hybridized carbons (Fsp3) is 0.929. The molecule has 0 aromatic heterocycles. The molecular formula is C14H25NO. The molecule has 0 bridgehead atoms. The molecule has 0 radical (unpaired) electrons. The smallest absolute Gasteiger partial charge is 0.137 e. The molecule has 0 heterocycles. The van der Waals surface area contributed by atoms with Crippen LogP contribution in [0.2, 0.25) is 0 Å². The van der Waals surface area contributed by atoms with Gasteiger partial charge in [0.2, 0.25) is 0 Å². The molecule has 2 fully saturated rings. The van der Waals surface area contributed by atoms with Crippen LogP contribution in [0.25, 0.3) is 0 Å². The van der Waals surface area contributed by atoms with Gasteiger partial charge in [-0.3, -0.25) is 4.79 Å². The SMILES string of the molecule is NC1(C2CCCCCC2=O)CCCCCC1. The first kappa shape index (κ1) is 12.1. The third-order valence-electron chi connectivity index (χ3n) is 4.53. The zero-order valence-corrected chi connectivity index (χ0v) is 10.3. The van der Waals surface area contributed by atoms with Gasteiger partial charge in [-0.25, -0.2) is 0 Å². The number of hydrogen-bond donors (Lipinski definition) is 1. The molecule has 1 unspecified atom stereocenters. The molecule has 0 saturated heterocycles. The lowest BCUT2D eigenvalue weighted by atomic mass is 9.74. The van der Waals surface area contributed by atoms with Crippen molar-refractivity contribution in [3.8, 4) is 0 Å². The maximum absolute atomic E-state index is 12.2. The first-order chi connectivity index (χ1) is 7.72. The van der Waals surface area contributed by atoms with Crippen molar-refractivity contribution in [1.82, 2.24) is 0 Å². The molecule has 2 aliphatic rings. The molecule has 16 heavy (non-hydrogen) atoms. The summed E-state index contributed by atoms with van der Waals surface area (Å²) in [4.78, 5) is 12.2. The van der Waals surface area contributed by atoms with E-state index in [4.69, 9.17) is 5.73 Å². The molecule has 2 saturated carbocycles. The number of carbonyl (C=O) groups is 1. The Labute approximate surface area is 99.0 Å². The van der Waals surface area contributed by atoms with E-state index >= 15 is 0 Å². The minimum absolute atomic E-state index is 0.155. The van der Waals surface area contributed by atoms with Crippen LogP contribution in [-0.4, -0.2) is 11.3 Å². The summed E-state index contributed by atoms with van der Waals surface area (Å²) < 4.78 is 0. The summed E-state index contributed by atoms with van der Waals surface area (Å²) in [6.45, 7) is 0. The topological polar surface area (TPSA) is 43.1 Å². The highest BCUT2D eigenvalue weighted by Crippen LogP contribution is 2.36. The summed E-state index contributed by atoms with van der Waals surface area (Å²) >= 11 is 0. The number of Topliss-reactive ketones (excluding diaryl/α,β-unsaturated/α-hetero) is 1. The summed E-state index contributed by atoms with van der Waals surface area (Å²) in [6.07, 6.45) is 12.5. The number of hydrogen-bond acceptors (Lipinski definition) is 2. The average Bonchev–Trinajstić information content (AvgIpc) is 2.59. The second kappa shape index (κ2) is 5.31. The number of nitrogens with two attached hydrogens (primary N) is 1. The predicted octanol–water partition coefficient (Wildman–Crippen LogP) is 3.19. The van der Waals surface area contributed by atoms with Crippen molar-refractivity contribution in [2.75, 3.05) is 0 Å². The summed E-state index contributed by atoms with van der Waals surface area (Å²) in [7, 11) is 0. The summed E-state index contributed by atoms with van der Waals surface area (Å²) in [6, 6.07) is 0. The summed E-state index contributed by atoms with van der Waals surface area (Å²) in [5.41, 5.74) is 6.42. The van der Waals surface area contributed by atoms with Gasteiger partial charge in [0.25, 0.3) is 0 Å². The molecule has 2 rings (SSSR count). The van der Waals surface area contributed by atoms with E-state index in [0.29, 0.717) is 5.78 Å². The molecule has 2 N–H and O–H groups in total. The third kappa shape index (κ3) is 2.65. The molecule has 0 spiro atoms. The maximum atomic E-state index is 12.2. The second-order valence-corrected chi connectivity index (χ2v) is 5.77. The number of rotatable bonds is 1. The van der Waals surface area contributed by atoms with Crippen molar-refractivity contribution in [2.45, 2.75) is 76.2 Å². The van der Waals surface area contributed by atoms with E-state index in [0.717, 1.165) is 32.1 Å². The zero-order chi connectivity index (χ0) is 11.4. The molecule has 0 aromatic rings. The Morgan fingerprint density at radius 1 is 0.938 bits per heavy atom.